The zero-order valence-electron chi connectivity index (χ0n) is 44.7. The Morgan fingerprint density at radius 3 is 0.586 bits per heavy atom. The molecule has 0 radical (unpaired) electrons. The monoisotopic (exact) mass is 1000 g/mol. The summed E-state index contributed by atoms with van der Waals surface area (Å²) in [7, 11) is 0. The Labute approximate surface area is 417 Å². The summed E-state index contributed by atoms with van der Waals surface area (Å²) in [5.74, 6) is -1.16. The molecule has 6 aliphatic heterocycles. The van der Waals surface area contributed by atoms with Gasteiger partial charge in [-0.25, -0.2) is 0 Å². The van der Waals surface area contributed by atoms with Crippen molar-refractivity contribution in [1.82, 2.24) is 42.5 Å². The summed E-state index contributed by atoms with van der Waals surface area (Å²) >= 11 is 0. The lowest BCUT2D eigenvalue weighted by atomic mass is 9.97. The van der Waals surface area contributed by atoms with Gasteiger partial charge in [-0.2, -0.15) is 0 Å². The molecule has 6 aliphatic rings. The lowest BCUT2D eigenvalue weighted by Crippen LogP contribution is -2.65. The van der Waals surface area contributed by atoms with Crippen molar-refractivity contribution < 1.29 is 66.5 Å². The second kappa shape index (κ2) is 28.7. The molecule has 0 aliphatic carbocycles. The Morgan fingerprint density at radius 2 is 0.414 bits per heavy atom. The van der Waals surface area contributed by atoms with E-state index in [2.05, 4.69) is 42.5 Å². The number of hydrogen-bond donors (Lipinski definition) is 8. The lowest BCUT2D eigenvalue weighted by molar-refractivity contribution is -0.151. The van der Waals surface area contributed by atoms with Gasteiger partial charge in [0.15, 0.2) is 22.4 Å². The van der Waals surface area contributed by atoms with Crippen LogP contribution < -0.4 is 42.5 Å². The van der Waals surface area contributed by atoms with E-state index in [1.807, 2.05) is 55.4 Å². The molecular formula is C48H92N8O14. The molecule has 0 unspecified atom stereocenters. The van der Waals surface area contributed by atoms with Gasteiger partial charge in [-0.15, -0.1) is 0 Å². The molecule has 4 bridgehead atoms. The Kier molecular flexibility index (Phi) is 25.3. The normalized spacial score (nSPS) is 33.1. The van der Waals surface area contributed by atoms with Gasteiger partial charge in [0.2, 0.25) is 0 Å². The van der Waals surface area contributed by atoms with Gasteiger partial charge in [0, 0.05) is 74.5 Å². The number of hydrogen-bond acceptors (Lipinski definition) is 18. The molecule has 4 amide bonds. The highest BCUT2D eigenvalue weighted by atomic mass is 16.6. The highest BCUT2D eigenvalue weighted by Crippen LogP contribution is 2.19. The smallest absolute Gasteiger partial charge is 0.253 e. The second-order valence-corrected chi connectivity index (χ2v) is 21.8. The zero-order valence-corrected chi connectivity index (χ0v) is 44.7. The van der Waals surface area contributed by atoms with Gasteiger partial charge in [0.25, 0.3) is 23.6 Å². The van der Waals surface area contributed by atoms with Gasteiger partial charge in [-0.1, -0.05) is 0 Å². The molecule has 408 valence electrons. The number of carbonyl (C=O) groups is 4. The van der Waals surface area contributed by atoms with Crippen molar-refractivity contribution in [2.45, 2.75) is 128 Å². The first-order valence-corrected chi connectivity index (χ1v) is 24.9. The predicted molar refractivity (Wildman–Crippen MR) is 263 cm³/mol. The summed E-state index contributed by atoms with van der Waals surface area (Å²) < 4.78 is 59.3. The molecular weight excluding hydrogens is 913 g/mol. The minimum atomic E-state index is -1.25. The van der Waals surface area contributed by atoms with Crippen LogP contribution in [0.5, 0.6) is 0 Å². The summed E-state index contributed by atoms with van der Waals surface area (Å²) in [4.78, 5) is 55.4. The van der Waals surface area contributed by atoms with Crippen LogP contribution in [-0.4, -0.2) is 226 Å². The zero-order chi connectivity index (χ0) is 52.0. The van der Waals surface area contributed by atoms with E-state index in [1.54, 1.807) is 27.7 Å². The molecule has 6 saturated heterocycles. The maximum Gasteiger partial charge on any atom is 0.253 e. The standard InChI is InChI=1S/C48H92N8O14/c1-41(2)29-49-33-46(10)38(58)54-42(3,4)30-50-34-45(9,37(57)53-41)67-25-21-63-17-13-61-15-19-65-23-27-69-47(11)35-51-31-44(7,8)56-40(60)48(12,36-52-32-43(5,6)55-39(47)59)70-28-24-66-20-16-62-14-18-64-22-26-68-46/h49-52H,13-36H2,1-12H3,(H,53,57)(H,54,58)(H,55,59)(H,56,60)/t45-,46-,47+,48+. The Morgan fingerprint density at radius 1 is 0.257 bits per heavy atom. The third-order valence-electron chi connectivity index (χ3n) is 11.9. The fraction of sp³-hybridized carbons (Fsp3) is 0.917. The third kappa shape index (κ3) is 22.6. The van der Waals surface area contributed by atoms with Gasteiger partial charge in [-0.05, 0) is 83.1 Å². The van der Waals surface area contributed by atoms with E-state index in [1.165, 1.54) is 0 Å². The van der Waals surface area contributed by atoms with Crippen molar-refractivity contribution in [2.24, 2.45) is 0 Å². The maximum absolute atomic E-state index is 13.8. The fourth-order valence-corrected chi connectivity index (χ4v) is 7.56. The SMILES string of the molecule is CC1(C)CNC[C@@]2(C)OCCOCCOCCOCCO[C@@]3(C)CNCC(C)(C)NC(=O)[C@](C)(CNCC(C)(C)NC3=O)OCCOCCOCCOCCO[C@](C)(CNCC(C)(C)NC2=O)C(=O)N1. The largest absolute Gasteiger partial charge is 0.377 e. The predicted octanol–water partition coefficient (Wildman–Crippen LogP) is -0.834. The van der Waals surface area contributed by atoms with Crippen LogP contribution in [0.15, 0.2) is 0 Å². The molecule has 0 saturated carbocycles. The molecule has 22 heteroatoms. The van der Waals surface area contributed by atoms with Gasteiger partial charge in [-0.3, -0.25) is 19.2 Å². The first kappa shape index (κ1) is 61.6. The van der Waals surface area contributed by atoms with Crippen molar-refractivity contribution in [1.29, 1.82) is 0 Å². The molecule has 22 nitrogen and oxygen atoms in total. The van der Waals surface area contributed by atoms with E-state index >= 15 is 0 Å². The van der Waals surface area contributed by atoms with E-state index in [0.717, 1.165) is 0 Å². The molecule has 8 N–H and O–H groups in total. The molecule has 0 aromatic heterocycles. The molecule has 70 heavy (non-hydrogen) atoms. The molecule has 0 spiro atoms. The summed E-state index contributed by atoms with van der Waals surface area (Å²) in [5, 5.41) is 25.9. The highest BCUT2D eigenvalue weighted by Gasteiger charge is 2.43. The van der Waals surface area contributed by atoms with Crippen LogP contribution in [0.25, 0.3) is 0 Å². The minimum Gasteiger partial charge on any atom is -0.377 e. The highest BCUT2D eigenvalue weighted by molar-refractivity contribution is 5.87. The summed E-state index contributed by atoms with van der Waals surface area (Å²) in [6.45, 7) is 28.2. The molecule has 6 rings (SSSR count). The molecule has 4 atom stereocenters. The van der Waals surface area contributed by atoms with E-state index < -0.39 is 44.6 Å². The van der Waals surface area contributed by atoms with E-state index in [9.17, 15) is 19.2 Å². The Balaban J connectivity index is 1.68. The van der Waals surface area contributed by atoms with Crippen LogP contribution in [0.2, 0.25) is 0 Å². The number of amides is 4. The maximum atomic E-state index is 13.8. The van der Waals surface area contributed by atoms with Gasteiger partial charge >= 0.3 is 0 Å². The first-order chi connectivity index (χ1) is 32.8. The third-order valence-corrected chi connectivity index (χ3v) is 11.9. The van der Waals surface area contributed by atoms with Crippen molar-refractivity contribution in [3.8, 4) is 0 Å². The number of rotatable bonds is 0. The van der Waals surface area contributed by atoms with E-state index in [-0.39, 0.29) is 103 Å². The molecule has 0 aromatic carbocycles. The second-order valence-electron chi connectivity index (χ2n) is 21.8. The summed E-state index contributed by atoms with van der Waals surface area (Å²) in [6, 6.07) is 0. The van der Waals surface area contributed by atoms with Crippen LogP contribution >= 0.6 is 0 Å². The van der Waals surface area contributed by atoms with Crippen LogP contribution in [0.3, 0.4) is 0 Å². The van der Waals surface area contributed by atoms with Crippen molar-refractivity contribution >= 4 is 23.6 Å². The van der Waals surface area contributed by atoms with Crippen molar-refractivity contribution in [3.05, 3.63) is 0 Å². The lowest BCUT2D eigenvalue weighted by Gasteiger charge is -2.39. The summed E-state index contributed by atoms with van der Waals surface area (Å²) in [5.41, 5.74) is -7.87. The first-order valence-electron chi connectivity index (χ1n) is 24.9. The number of nitrogens with one attached hydrogen (secondary N) is 8. The number of ether oxygens (including phenoxy) is 10. The van der Waals surface area contributed by atoms with Crippen LogP contribution in [0.1, 0.15) is 83.1 Å². The quantitative estimate of drug-likeness (QED) is 0.147. The van der Waals surface area contributed by atoms with Gasteiger partial charge < -0.3 is 89.9 Å². The van der Waals surface area contributed by atoms with Gasteiger partial charge in [0.1, 0.15) is 0 Å². The van der Waals surface area contributed by atoms with E-state index in [4.69, 9.17) is 47.4 Å². The Bertz CT molecular complexity index is 1380. The van der Waals surface area contributed by atoms with Gasteiger partial charge in [0.05, 0.1) is 106 Å². The summed E-state index contributed by atoms with van der Waals surface area (Å²) in [6.07, 6.45) is 0. The average molecular weight is 1010 g/mol. The Hall–Kier alpha value is -2.68. The molecule has 0 aromatic rings. The molecule has 6 fully saturated rings. The average Bonchev–Trinajstić information content (AvgIpc) is 3.25. The minimum absolute atomic E-state index is 0.152. The fourth-order valence-electron chi connectivity index (χ4n) is 7.56. The van der Waals surface area contributed by atoms with Crippen LogP contribution in [0, 0.1) is 0 Å². The number of carbonyl (C=O) groups excluding carboxylic acids is 4. The topological polar surface area (TPSA) is 257 Å². The van der Waals surface area contributed by atoms with Crippen LogP contribution in [-0.2, 0) is 66.5 Å². The van der Waals surface area contributed by atoms with Crippen LogP contribution in [0.4, 0.5) is 0 Å². The van der Waals surface area contributed by atoms with Crippen molar-refractivity contribution in [2.75, 3.05) is 158 Å². The van der Waals surface area contributed by atoms with Crippen molar-refractivity contribution in [3.63, 3.8) is 0 Å². The van der Waals surface area contributed by atoms with E-state index in [0.29, 0.717) is 79.0 Å². The molecule has 6 heterocycles.